The van der Waals surface area contributed by atoms with E-state index in [1.54, 1.807) is 0 Å². The van der Waals surface area contributed by atoms with Crippen molar-refractivity contribution in [1.82, 2.24) is 9.80 Å². The van der Waals surface area contributed by atoms with Gasteiger partial charge in [-0.25, -0.2) is 0 Å². The maximum absolute atomic E-state index is 6.30. The third kappa shape index (κ3) is 3.89. The molecule has 2 aliphatic rings. The maximum Gasteiger partial charge on any atom is 0.170 e. The molecule has 0 aromatic heterocycles. The molecule has 112 valence electrons. The average Bonchev–Trinajstić information content (AvgIpc) is 2.80. The van der Waals surface area contributed by atoms with E-state index in [1.165, 1.54) is 6.42 Å². The van der Waals surface area contributed by atoms with E-state index < -0.39 is 0 Å². The Morgan fingerprint density at radius 2 is 1.84 bits per heavy atom. The van der Waals surface area contributed by atoms with E-state index in [9.17, 15) is 0 Å². The fraction of sp³-hybridized carbons (Fsp3) is 1.00. The third-order valence-corrected chi connectivity index (χ3v) is 4.37. The van der Waals surface area contributed by atoms with Gasteiger partial charge >= 0.3 is 0 Å². The van der Waals surface area contributed by atoms with Crippen LogP contribution in [-0.4, -0.2) is 75.1 Å². The average molecular weight is 271 g/mol. The van der Waals surface area contributed by atoms with Crippen molar-refractivity contribution in [2.45, 2.75) is 43.6 Å². The Kier molecular flexibility index (Phi) is 5.20. The maximum atomic E-state index is 6.30. The zero-order valence-electron chi connectivity index (χ0n) is 12.6. The van der Waals surface area contributed by atoms with Crippen LogP contribution in [0.5, 0.6) is 0 Å². The van der Waals surface area contributed by atoms with Crippen LogP contribution < -0.4 is 5.73 Å². The summed E-state index contributed by atoms with van der Waals surface area (Å²) in [6.45, 7) is 3.65. The second kappa shape index (κ2) is 6.50. The van der Waals surface area contributed by atoms with E-state index in [-0.39, 0.29) is 11.8 Å². The number of rotatable bonds is 5. The molecular formula is C14H29N3O2. The Bertz CT molecular complexity index is 280. The van der Waals surface area contributed by atoms with Crippen molar-refractivity contribution in [2.75, 3.05) is 47.4 Å². The minimum Gasteiger partial charge on any atom is -0.347 e. The van der Waals surface area contributed by atoms with E-state index in [1.807, 2.05) is 0 Å². The molecule has 5 heteroatoms. The van der Waals surface area contributed by atoms with E-state index in [4.69, 9.17) is 15.2 Å². The molecule has 0 bridgehead atoms. The first-order chi connectivity index (χ1) is 9.02. The lowest BCUT2D eigenvalue weighted by atomic mass is 9.85. The van der Waals surface area contributed by atoms with Gasteiger partial charge in [0.1, 0.15) is 0 Å². The van der Waals surface area contributed by atoms with Gasteiger partial charge in [-0.3, -0.25) is 0 Å². The standard InChI is InChI=1S/C14H29N3O2/c1-16(2)7-4-8-17(3)13-11-14(6-5-12(13)15)18-9-10-19-14/h12-13H,4-11,15H2,1-3H3. The molecule has 0 radical (unpaired) electrons. The van der Waals surface area contributed by atoms with Crippen molar-refractivity contribution in [2.24, 2.45) is 5.73 Å². The summed E-state index contributed by atoms with van der Waals surface area (Å²) in [6, 6.07) is 0.608. The van der Waals surface area contributed by atoms with Crippen LogP contribution in [-0.2, 0) is 9.47 Å². The number of ether oxygens (including phenoxy) is 2. The van der Waals surface area contributed by atoms with Gasteiger partial charge in [-0.15, -0.1) is 0 Å². The summed E-state index contributed by atoms with van der Waals surface area (Å²) >= 11 is 0. The molecule has 19 heavy (non-hydrogen) atoms. The molecule has 1 aliphatic heterocycles. The normalized spacial score (nSPS) is 30.6. The first kappa shape index (κ1) is 15.2. The van der Waals surface area contributed by atoms with Crippen LogP contribution in [0.25, 0.3) is 0 Å². The van der Waals surface area contributed by atoms with Gasteiger partial charge in [0, 0.05) is 24.9 Å². The Labute approximate surface area is 117 Å². The minimum atomic E-state index is -0.337. The number of likely N-dealkylation sites (N-methyl/N-ethyl adjacent to an activating group) is 1. The molecule has 2 unspecified atom stereocenters. The van der Waals surface area contributed by atoms with Crippen molar-refractivity contribution in [1.29, 1.82) is 0 Å². The molecule has 1 saturated heterocycles. The molecular weight excluding hydrogens is 242 g/mol. The zero-order chi connectivity index (χ0) is 13.9. The summed E-state index contributed by atoms with van der Waals surface area (Å²) in [5.74, 6) is -0.337. The smallest absolute Gasteiger partial charge is 0.170 e. The second-order valence-corrected chi connectivity index (χ2v) is 6.22. The van der Waals surface area contributed by atoms with Gasteiger partial charge in [0.15, 0.2) is 5.79 Å². The lowest BCUT2D eigenvalue weighted by molar-refractivity contribution is -0.190. The molecule has 1 aliphatic carbocycles. The number of nitrogens with zero attached hydrogens (tertiary/aromatic N) is 2. The topological polar surface area (TPSA) is 51.0 Å². The van der Waals surface area contributed by atoms with Gasteiger partial charge in [-0.2, -0.15) is 0 Å². The highest BCUT2D eigenvalue weighted by atomic mass is 16.7. The Balaban J connectivity index is 1.85. The number of hydrogen-bond donors (Lipinski definition) is 1. The molecule has 2 atom stereocenters. The molecule has 2 fully saturated rings. The van der Waals surface area contributed by atoms with Gasteiger partial charge in [0.05, 0.1) is 13.2 Å². The predicted molar refractivity (Wildman–Crippen MR) is 76.1 cm³/mol. The highest BCUT2D eigenvalue weighted by Crippen LogP contribution is 2.36. The van der Waals surface area contributed by atoms with Crippen LogP contribution in [0.3, 0.4) is 0 Å². The SMILES string of the molecule is CN(C)CCCN(C)C1CC2(CCC1N)OCCO2. The van der Waals surface area contributed by atoms with E-state index >= 15 is 0 Å². The number of hydrogen-bond acceptors (Lipinski definition) is 5. The van der Waals surface area contributed by atoms with E-state index in [0.29, 0.717) is 6.04 Å². The van der Waals surface area contributed by atoms with Crippen LogP contribution in [0.2, 0.25) is 0 Å². The summed E-state index contributed by atoms with van der Waals surface area (Å²) in [6.07, 6.45) is 4.01. The van der Waals surface area contributed by atoms with Gasteiger partial charge < -0.3 is 25.0 Å². The summed E-state index contributed by atoms with van der Waals surface area (Å²) in [5, 5.41) is 0. The zero-order valence-corrected chi connectivity index (χ0v) is 12.6. The lowest BCUT2D eigenvalue weighted by Crippen LogP contribution is -2.55. The van der Waals surface area contributed by atoms with Crippen molar-refractivity contribution >= 4 is 0 Å². The molecule has 0 aromatic rings. The van der Waals surface area contributed by atoms with Crippen molar-refractivity contribution in [3.05, 3.63) is 0 Å². The van der Waals surface area contributed by atoms with E-state index in [0.717, 1.165) is 45.6 Å². The van der Waals surface area contributed by atoms with Gasteiger partial charge in [-0.05, 0) is 47.1 Å². The molecule has 0 amide bonds. The molecule has 2 N–H and O–H groups in total. The molecule has 1 heterocycles. The first-order valence-electron chi connectivity index (χ1n) is 7.41. The summed E-state index contributed by atoms with van der Waals surface area (Å²) in [4.78, 5) is 4.61. The fourth-order valence-corrected chi connectivity index (χ4v) is 3.20. The lowest BCUT2D eigenvalue weighted by Gasteiger charge is -2.43. The molecule has 1 saturated carbocycles. The quantitative estimate of drug-likeness (QED) is 0.789. The first-order valence-corrected chi connectivity index (χ1v) is 7.41. The number of nitrogens with two attached hydrogens (primary N) is 1. The highest BCUT2D eigenvalue weighted by molar-refractivity contribution is 4.94. The highest BCUT2D eigenvalue weighted by Gasteiger charge is 2.45. The predicted octanol–water partition coefficient (Wildman–Crippen LogP) is 0.493. The molecule has 5 nitrogen and oxygen atoms in total. The fourth-order valence-electron chi connectivity index (χ4n) is 3.20. The van der Waals surface area contributed by atoms with Crippen LogP contribution in [0.15, 0.2) is 0 Å². The van der Waals surface area contributed by atoms with Crippen molar-refractivity contribution in [3.63, 3.8) is 0 Å². The monoisotopic (exact) mass is 271 g/mol. The Morgan fingerprint density at radius 3 is 2.47 bits per heavy atom. The van der Waals surface area contributed by atoms with Crippen LogP contribution in [0.4, 0.5) is 0 Å². The molecule has 0 aromatic carbocycles. The Morgan fingerprint density at radius 1 is 1.16 bits per heavy atom. The molecule has 2 rings (SSSR count). The van der Waals surface area contributed by atoms with Crippen molar-refractivity contribution in [3.8, 4) is 0 Å². The summed E-state index contributed by atoms with van der Waals surface area (Å²) < 4.78 is 11.7. The van der Waals surface area contributed by atoms with Gasteiger partial charge in [0.25, 0.3) is 0 Å². The van der Waals surface area contributed by atoms with Crippen LogP contribution >= 0.6 is 0 Å². The molecule has 1 spiro atoms. The summed E-state index contributed by atoms with van der Waals surface area (Å²) in [7, 11) is 6.40. The second-order valence-electron chi connectivity index (χ2n) is 6.22. The van der Waals surface area contributed by atoms with Gasteiger partial charge in [-0.1, -0.05) is 0 Å². The van der Waals surface area contributed by atoms with E-state index in [2.05, 4.69) is 30.9 Å². The Hall–Kier alpha value is -0.200. The summed E-state index contributed by atoms with van der Waals surface area (Å²) in [5.41, 5.74) is 6.30. The third-order valence-electron chi connectivity index (χ3n) is 4.37. The minimum absolute atomic E-state index is 0.239. The van der Waals surface area contributed by atoms with Crippen LogP contribution in [0, 0.1) is 0 Å². The van der Waals surface area contributed by atoms with Crippen LogP contribution in [0.1, 0.15) is 25.7 Å². The largest absolute Gasteiger partial charge is 0.347 e. The van der Waals surface area contributed by atoms with Gasteiger partial charge in [0.2, 0.25) is 0 Å². The van der Waals surface area contributed by atoms with Crippen molar-refractivity contribution < 1.29 is 9.47 Å².